The van der Waals surface area contributed by atoms with Gasteiger partial charge in [-0.1, -0.05) is 48.7 Å². The second kappa shape index (κ2) is 12.5. The van der Waals surface area contributed by atoms with E-state index < -0.39 is 6.04 Å². The highest BCUT2D eigenvalue weighted by atomic mass is 35.5. The Kier molecular flexibility index (Phi) is 8.60. The van der Waals surface area contributed by atoms with Gasteiger partial charge in [-0.25, -0.2) is 0 Å². The highest BCUT2D eigenvalue weighted by Crippen LogP contribution is 2.27. The molecule has 0 radical (unpaired) electrons. The maximum absolute atomic E-state index is 13.9. The third-order valence-corrected chi connectivity index (χ3v) is 7.58. The molecule has 10 heteroatoms. The number of carbonyl (C=O) groups excluding carboxylic acids is 2. The molecule has 0 bridgehead atoms. The second-order valence-electron chi connectivity index (χ2n) is 10.3. The van der Waals surface area contributed by atoms with Crippen molar-refractivity contribution >= 4 is 23.4 Å². The third-order valence-electron chi connectivity index (χ3n) is 7.33. The first kappa shape index (κ1) is 27.6. The molecule has 1 saturated carbocycles. The summed E-state index contributed by atoms with van der Waals surface area (Å²) in [6.45, 7) is 4.00. The molecule has 1 N–H and O–H groups in total. The molecule has 0 spiro atoms. The van der Waals surface area contributed by atoms with Crippen molar-refractivity contribution in [3.05, 3.63) is 88.3 Å². The molecular weight excluding hydrogens is 528 g/mol. The van der Waals surface area contributed by atoms with Crippen molar-refractivity contribution < 1.29 is 14.0 Å². The van der Waals surface area contributed by atoms with E-state index >= 15 is 0 Å². The number of hydrogen-bond acceptors (Lipinski definition) is 6. The summed E-state index contributed by atoms with van der Waals surface area (Å²) < 4.78 is 5.94. The molecule has 2 aromatic carbocycles. The third kappa shape index (κ3) is 6.59. The number of rotatable bonds is 10. The van der Waals surface area contributed by atoms with Gasteiger partial charge in [-0.2, -0.15) is 4.80 Å². The summed E-state index contributed by atoms with van der Waals surface area (Å²) in [6.07, 6.45) is 4.61. The lowest BCUT2D eigenvalue weighted by Crippen LogP contribution is -2.47. The number of amides is 2. The van der Waals surface area contributed by atoms with E-state index in [0.717, 1.165) is 42.4 Å². The second-order valence-corrected chi connectivity index (χ2v) is 10.7. The summed E-state index contributed by atoms with van der Waals surface area (Å²) in [5.74, 6) is 0.931. The standard InChI is InChI=1S/C30H33ClN6O3/c1-20-7-3-4-8-22(20)17-18-36(27(38)19-37-34-29(33-35-37)23-12-14-24(31)15-13-23)28(26-16-11-21(2)40-26)30(39)32-25-9-5-6-10-25/h3-4,7-8,11-16,25,28H,5-6,9-10,17-19H2,1-2H3,(H,32,39)/t28-/m1/s1. The van der Waals surface area contributed by atoms with E-state index in [0.29, 0.717) is 35.3 Å². The van der Waals surface area contributed by atoms with E-state index in [4.69, 9.17) is 16.0 Å². The average molecular weight is 561 g/mol. The van der Waals surface area contributed by atoms with Crippen LogP contribution in [0.15, 0.2) is 65.1 Å². The number of aromatic nitrogens is 4. The van der Waals surface area contributed by atoms with Crippen LogP contribution in [0.3, 0.4) is 0 Å². The molecule has 9 nitrogen and oxygen atoms in total. The molecule has 2 aromatic heterocycles. The molecule has 1 aliphatic rings. The number of carbonyl (C=O) groups is 2. The summed E-state index contributed by atoms with van der Waals surface area (Å²) in [5.41, 5.74) is 2.97. The molecular formula is C30H33ClN6O3. The minimum absolute atomic E-state index is 0.0956. The van der Waals surface area contributed by atoms with Gasteiger partial charge in [0.25, 0.3) is 5.91 Å². The first-order valence-corrected chi connectivity index (χ1v) is 14.0. The molecule has 1 aliphatic carbocycles. The topological polar surface area (TPSA) is 106 Å². The van der Waals surface area contributed by atoms with Gasteiger partial charge in [-0.05, 0) is 85.8 Å². The van der Waals surface area contributed by atoms with Gasteiger partial charge in [0.15, 0.2) is 6.04 Å². The van der Waals surface area contributed by atoms with Crippen molar-refractivity contribution in [2.45, 2.75) is 64.6 Å². The van der Waals surface area contributed by atoms with Crippen LogP contribution in [0.2, 0.25) is 5.02 Å². The summed E-state index contributed by atoms with van der Waals surface area (Å²) in [4.78, 5) is 30.5. The normalized spacial score (nSPS) is 14.3. The molecule has 5 rings (SSSR count). The Bertz CT molecular complexity index is 1460. The summed E-state index contributed by atoms with van der Waals surface area (Å²) in [7, 11) is 0. The largest absolute Gasteiger partial charge is 0.464 e. The van der Waals surface area contributed by atoms with E-state index in [-0.39, 0.29) is 24.4 Å². The maximum atomic E-state index is 13.9. The Labute approximate surface area is 238 Å². The number of hydrogen-bond donors (Lipinski definition) is 1. The Balaban J connectivity index is 1.43. The molecule has 1 atom stereocenters. The van der Waals surface area contributed by atoms with Gasteiger partial charge in [0.05, 0.1) is 0 Å². The number of nitrogens with zero attached hydrogens (tertiary/aromatic N) is 5. The van der Waals surface area contributed by atoms with E-state index in [9.17, 15) is 9.59 Å². The minimum atomic E-state index is -0.926. The molecule has 208 valence electrons. The fourth-order valence-electron chi connectivity index (χ4n) is 5.14. The highest BCUT2D eigenvalue weighted by molar-refractivity contribution is 6.30. The van der Waals surface area contributed by atoms with Crippen molar-refractivity contribution in [1.82, 2.24) is 30.4 Å². The molecule has 1 fully saturated rings. The molecule has 0 unspecified atom stereocenters. The van der Waals surface area contributed by atoms with Crippen molar-refractivity contribution in [3.8, 4) is 11.4 Å². The quantitative estimate of drug-likeness (QED) is 0.290. The number of furan rings is 1. The van der Waals surface area contributed by atoms with Crippen LogP contribution in [0.1, 0.15) is 54.4 Å². The molecule has 0 aliphatic heterocycles. The van der Waals surface area contributed by atoms with Gasteiger partial charge in [0, 0.05) is 23.2 Å². The Hall–Kier alpha value is -3.98. The highest BCUT2D eigenvalue weighted by Gasteiger charge is 2.35. The van der Waals surface area contributed by atoms with Gasteiger partial charge in [-0.15, -0.1) is 10.2 Å². The van der Waals surface area contributed by atoms with Crippen LogP contribution in [0, 0.1) is 13.8 Å². The maximum Gasteiger partial charge on any atom is 0.250 e. The Morgan fingerprint density at radius 2 is 1.82 bits per heavy atom. The van der Waals surface area contributed by atoms with E-state index in [1.54, 1.807) is 35.2 Å². The summed E-state index contributed by atoms with van der Waals surface area (Å²) in [5, 5.41) is 16.4. The van der Waals surface area contributed by atoms with Crippen LogP contribution < -0.4 is 5.32 Å². The van der Waals surface area contributed by atoms with E-state index in [1.807, 2.05) is 44.2 Å². The molecule has 0 saturated heterocycles. The number of benzene rings is 2. The predicted molar refractivity (Wildman–Crippen MR) is 151 cm³/mol. The van der Waals surface area contributed by atoms with Crippen LogP contribution >= 0.6 is 11.6 Å². The summed E-state index contributed by atoms with van der Waals surface area (Å²) in [6, 6.07) is 17.9. The fraction of sp³-hybridized carbons (Fsp3) is 0.367. The average Bonchev–Trinajstić information content (AvgIpc) is 3.71. The van der Waals surface area contributed by atoms with Gasteiger partial charge in [0.2, 0.25) is 11.7 Å². The van der Waals surface area contributed by atoms with Crippen molar-refractivity contribution in [1.29, 1.82) is 0 Å². The first-order valence-electron chi connectivity index (χ1n) is 13.6. The number of tetrazole rings is 1. The SMILES string of the molecule is Cc1ccc([C@H](C(=O)NC2CCCC2)N(CCc2ccccc2C)C(=O)Cn2nnc(-c3ccc(Cl)cc3)n2)o1. The lowest BCUT2D eigenvalue weighted by molar-refractivity contribution is -0.142. The van der Waals surface area contributed by atoms with E-state index in [2.05, 4.69) is 20.7 Å². The lowest BCUT2D eigenvalue weighted by Gasteiger charge is -2.31. The fourth-order valence-corrected chi connectivity index (χ4v) is 5.27. The van der Waals surface area contributed by atoms with Crippen LogP contribution in [0.4, 0.5) is 0 Å². The van der Waals surface area contributed by atoms with Gasteiger partial charge in [0.1, 0.15) is 18.1 Å². The molecule has 4 aromatic rings. The lowest BCUT2D eigenvalue weighted by atomic mass is 10.0. The van der Waals surface area contributed by atoms with Crippen LogP contribution in [-0.4, -0.2) is 49.5 Å². The number of nitrogens with one attached hydrogen (secondary N) is 1. The summed E-state index contributed by atoms with van der Waals surface area (Å²) >= 11 is 6.00. The molecule has 2 amide bonds. The van der Waals surface area contributed by atoms with Gasteiger partial charge < -0.3 is 14.6 Å². The minimum Gasteiger partial charge on any atom is -0.464 e. The smallest absolute Gasteiger partial charge is 0.250 e. The molecule has 40 heavy (non-hydrogen) atoms. The van der Waals surface area contributed by atoms with Crippen molar-refractivity contribution in [2.75, 3.05) is 6.54 Å². The zero-order chi connectivity index (χ0) is 28.1. The number of aryl methyl sites for hydroxylation is 2. The van der Waals surface area contributed by atoms with Crippen LogP contribution in [-0.2, 0) is 22.6 Å². The van der Waals surface area contributed by atoms with Crippen LogP contribution in [0.5, 0.6) is 0 Å². The number of halogens is 1. The van der Waals surface area contributed by atoms with Crippen molar-refractivity contribution in [2.24, 2.45) is 0 Å². The zero-order valence-electron chi connectivity index (χ0n) is 22.7. The predicted octanol–water partition coefficient (Wildman–Crippen LogP) is 5.07. The van der Waals surface area contributed by atoms with Gasteiger partial charge in [-0.3, -0.25) is 9.59 Å². The Morgan fingerprint density at radius 1 is 1.07 bits per heavy atom. The monoisotopic (exact) mass is 560 g/mol. The van der Waals surface area contributed by atoms with E-state index in [1.165, 1.54) is 4.80 Å². The van der Waals surface area contributed by atoms with Gasteiger partial charge >= 0.3 is 0 Å². The Morgan fingerprint density at radius 3 is 2.52 bits per heavy atom. The molecule has 2 heterocycles. The van der Waals surface area contributed by atoms with Crippen LogP contribution in [0.25, 0.3) is 11.4 Å². The first-order chi connectivity index (χ1) is 19.4. The van der Waals surface area contributed by atoms with Crippen molar-refractivity contribution in [3.63, 3.8) is 0 Å². The zero-order valence-corrected chi connectivity index (χ0v) is 23.5.